The number of urea groups is 1. The zero-order chi connectivity index (χ0) is 15.1. The van der Waals surface area contributed by atoms with Crippen LogP contribution in [0.1, 0.15) is 39.5 Å². The maximum absolute atomic E-state index is 12.1. The van der Waals surface area contributed by atoms with Crippen molar-refractivity contribution >= 4 is 12.0 Å². The van der Waals surface area contributed by atoms with Gasteiger partial charge in [-0.15, -0.1) is 0 Å². The molecule has 0 bridgehead atoms. The second-order valence-electron chi connectivity index (χ2n) is 5.73. The number of carboxylic acid groups (broad SMARTS) is 1. The fraction of sp³-hybridized carbons (Fsp3) is 0.857. The summed E-state index contributed by atoms with van der Waals surface area (Å²) in [4.78, 5) is 26.6. The van der Waals surface area contributed by atoms with Gasteiger partial charge in [-0.1, -0.05) is 0 Å². The fourth-order valence-corrected chi connectivity index (χ4v) is 2.13. The lowest BCUT2D eigenvalue weighted by Gasteiger charge is -2.27. The second-order valence-corrected chi connectivity index (χ2v) is 5.73. The number of hydrogen-bond acceptors (Lipinski definition) is 3. The van der Waals surface area contributed by atoms with Crippen molar-refractivity contribution in [1.29, 1.82) is 0 Å². The van der Waals surface area contributed by atoms with E-state index in [0.29, 0.717) is 25.6 Å². The molecule has 0 saturated heterocycles. The third kappa shape index (κ3) is 6.23. The molecule has 2 N–H and O–H groups in total. The molecule has 116 valence electrons. The van der Waals surface area contributed by atoms with Gasteiger partial charge < -0.3 is 20.2 Å². The lowest BCUT2D eigenvalue weighted by molar-refractivity contribution is -0.137. The molecule has 20 heavy (non-hydrogen) atoms. The normalized spacial score (nSPS) is 14.7. The van der Waals surface area contributed by atoms with E-state index in [9.17, 15) is 9.59 Å². The summed E-state index contributed by atoms with van der Waals surface area (Å²) in [5.41, 5.74) is 0. The van der Waals surface area contributed by atoms with Crippen molar-refractivity contribution < 1.29 is 14.7 Å². The fourth-order valence-electron chi connectivity index (χ4n) is 2.13. The summed E-state index contributed by atoms with van der Waals surface area (Å²) in [7, 11) is 2.08. The Balaban J connectivity index is 2.25. The molecule has 1 aliphatic rings. The monoisotopic (exact) mass is 285 g/mol. The van der Waals surface area contributed by atoms with Gasteiger partial charge in [-0.25, -0.2) is 4.79 Å². The predicted molar refractivity (Wildman–Crippen MR) is 77.8 cm³/mol. The van der Waals surface area contributed by atoms with E-state index in [1.165, 1.54) is 12.8 Å². The van der Waals surface area contributed by atoms with Crippen molar-refractivity contribution in [3.8, 4) is 0 Å². The number of hydrogen-bond donors (Lipinski definition) is 2. The number of rotatable bonds is 9. The maximum Gasteiger partial charge on any atom is 0.317 e. The number of carbonyl (C=O) groups is 2. The largest absolute Gasteiger partial charge is 0.481 e. The van der Waals surface area contributed by atoms with Crippen LogP contribution in [-0.4, -0.2) is 65.7 Å². The van der Waals surface area contributed by atoms with Gasteiger partial charge in [0.2, 0.25) is 0 Å². The Morgan fingerprint density at radius 3 is 2.45 bits per heavy atom. The van der Waals surface area contributed by atoms with Crippen LogP contribution in [0.4, 0.5) is 4.79 Å². The third-order valence-corrected chi connectivity index (χ3v) is 3.58. The molecule has 2 amide bonds. The summed E-state index contributed by atoms with van der Waals surface area (Å²) in [6.45, 7) is 5.85. The summed E-state index contributed by atoms with van der Waals surface area (Å²) in [5.74, 6) is -0.819. The van der Waals surface area contributed by atoms with E-state index in [1.807, 2.05) is 13.8 Å². The molecule has 1 aliphatic carbocycles. The lowest BCUT2D eigenvalue weighted by atomic mass is 10.2. The summed E-state index contributed by atoms with van der Waals surface area (Å²) in [6.07, 6.45) is 3.11. The van der Waals surface area contributed by atoms with Gasteiger partial charge >= 0.3 is 12.0 Å². The Morgan fingerprint density at radius 2 is 1.95 bits per heavy atom. The molecule has 0 spiro atoms. The molecule has 0 heterocycles. The minimum Gasteiger partial charge on any atom is -0.481 e. The van der Waals surface area contributed by atoms with Crippen molar-refractivity contribution in [3.05, 3.63) is 0 Å². The Hall–Kier alpha value is -1.30. The molecule has 1 rings (SSSR count). The minimum absolute atomic E-state index is 0.0740. The van der Waals surface area contributed by atoms with Gasteiger partial charge in [0.1, 0.15) is 0 Å². The highest BCUT2D eigenvalue weighted by molar-refractivity contribution is 5.74. The van der Waals surface area contributed by atoms with E-state index in [1.54, 1.807) is 4.90 Å². The summed E-state index contributed by atoms with van der Waals surface area (Å²) < 4.78 is 0. The summed E-state index contributed by atoms with van der Waals surface area (Å²) >= 11 is 0. The number of likely N-dealkylation sites (N-methyl/N-ethyl adjacent to an activating group) is 1. The zero-order valence-corrected chi connectivity index (χ0v) is 12.8. The van der Waals surface area contributed by atoms with E-state index in [4.69, 9.17) is 5.11 Å². The van der Waals surface area contributed by atoms with E-state index in [2.05, 4.69) is 17.3 Å². The van der Waals surface area contributed by atoms with Crippen LogP contribution in [-0.2, 0) is 4.79 Å². The van der Waals surface area contributed by atoms with Crippen LogP contribution in [0.15, 0.2) is 0 Å². The van der Waals surface area contributed by atoms with Crippen molar-refractivity contribution in [2.75, 3.05) is 26.7 Å². The van der Waals surface area contributed by atoms with Crippen LogP contribution in [0.3, 0.4) is 0 Å². The molecule has 6 heteroatoms. The number of nitrogens with one attached hydrogen (secondary N) is 1. The molecule has 6 nitrogen and oxygen atoms in total. The Kier molecular flexibility index (Phi) is 6.78. The predicted octanol–water partition coefficient (Wildman–Crippen LogP) is 1.37. The van der Waals surface area contributed by atoms with Gasteiger partial charge in [0.25, 0.3) is 0 Å². The first kappa shape index (κ1) is 16.8. The van der Waals surface area contributed by atoms with Crippen molar-refractivity contribution in [2.45, 2.75) is 51.6 Å². The molecular formula is C14H27N3O3. The number of nitrogens with zero attached hydrogens (tertiary/aromatic N) is 2. The first-order valence-electron chi connectivity index (χ1n) is 7.38. The first-order chi connectivity index (χ1) is 9.41. The van der Waals surface area contributed by atoms with Crippen molar-refractivity contribution in [1.82, 2.24) is 15.1 Å². The van der Waals surface area contributed by atoms with Crippen molar-refractivity contribution in [3.63, 3.8) is 0 Å². The molecule has 1 fully saturated rings. The highest BCUT2D eigenvalue weighted by atomic mass is 16.4. The first-order valence-corrected chi connectivity index (χ1v) is 7.38. The van der Waals surface area contributed by atoms with Crippen molar-refractivity contribution in [2.24, 2.45) is 0 Å². The smallest absolute Gasteiger partial charge is 0.317 e. The van der Waals surface area contributed by atoms with Gasteiger partial charge in [0.15, 0.2) is 0 Å². The molecular weight excluding hydrogens is 258 g/mol. The van der Waals surface area contributed by atoms with Crippen LogP contribution in [0, 0.1) is 0 Å². The number of carboxylic acids is 1. The van der Waals surface area contributed by atoms with E-state index in [0.717, 1.165) is 6.54 Å². The maximum atomic E-state index is 12.1. The zero-order valence-electron chi connectivity index (χ0n) is 12.8. The lowest BCUT2D eigenvalue weighted by Crippen LogP contribution is -2.46. The van der Waals surface area contributed by atoms with Gasteiger partial charge in [0, 0.05) is 38.1 Å². The second kappa shape index (κ2) is 8.09. The molecule has 1 saturated carbocycles. The number of amides is 2. The van der Waals surface area contributed by atoms with Gasteiger partial charge in [0.05, 0.1) is 0 Å². The van der Waals surface area contributed by atoms with E-state index >= 15 is 0 Å². The SMILES string of the molecule is CC(C)N(CCCC(=O)O)C(=O)NCCN(C)C1CC1. The average molecular weight is 285 g/mol. The van der Waals surface area contributed by atoms with Gasteiger partial charge in [-0.3, -0.25) is 4.79 Å². The van der Waals surface area contributed by atoms with Crippen LogP contribution < -0.4 is 5.32 Å². The Bertz CT molecular complexity index is 330. The summed E-state index contributed by atoms with van der Waals surface area (Å²) in [5, 5.41) is 11.6. The average Bonchev–Trinajstić information content (AvgIpc) is 3.17. The molecule has 0 radical (unpaired) electrons. The van der Waals surface area contributed by atoms with Gasteiger partial charge in [-0.2, -0.15) is 0 Å². The van der Waals surface area contributed by atoms with Crippen LogP contribution >= 0.6 is 0 Å². The molecule has 0 aliphatic heterocycles. The molecule has 0 aromatic rings. The topological polar surface area (TPSA) is 72.9 Å². The molecule has 0 aromatic carbocycles. The van der Waals surface area contributed by atoms with Crippen LogP contribution in [0.5, 0.6) is 0 Å². The Morgan fingerprint density at radius 1 is 1.30 bits per heavy atom. The minimum atomic E-state index is -0.819. The molecule has 0 aromatic heterocycles. The van der Waals surface area contributed by atoms with Gasteiger partial charge in [-0.05, 0) is 40.2 Å². The highest BCUT2D eigenvalue weighted by Gasteiger charge is 2.25. The quantitative estimate of drug-likeness (QED) is 0.671. The molecule has 0 unspecified atom stereocenters. The third-order valence-electron chi connectivity index (χ3n) is 3.58. The number of aliphatic carboxylic acids is 1. The van der Waals surface area contributed by atoms with E-state index < -0.39 is 5.97 Å². The standard InChI is InChI=1S/C14H27N3O3/c1-11(2)17(9-4-5-13(18)19)14(20)15-8-10-16(3)12-6-7-12/h11-12H,4-10H2,1-3H3,(H,15,20)(H,18,19). The van der Waals surface area contributed by atoms with Crippen LogP contribution in [0.25, 0.3) is 0 Å². The van der Waals surface area contributed by atoms with E-state index in [-0.39, 0.29) is 18.5 Å². The Labute approximate surface area is 121 Å². The number of carbonyl (C=O) groups excluding carboxylic acids is 1. The highest BCUT2D eigenvalue weighted by Crippen LogP contribution is 2.24. The van der Waals surface area contributed by atoms with Crippen LogP contribution in [0.2, 0.25) is 0 Å². The molecule has 0 atom stereocenters. The summed E-state index contributed by atoms with van der Waals surface area (Å²) in [6, 6.07) is 0.670.